The van der Waals surface area contributed by atoms with E-state index in [1.807, 2.05) is 35.0 Å². The van der Waals surface area contributed by atoms with E-state index in [9.17, 15) is 14.4 Å². The summed E-state index contributed by atoms with van der Waals surface area (Å²) in [7, 11) is 1.26. The van der Waals surface area contributed by atoms with Crippen molar-refractivity contribution >= 4 is 28.7 Å². The lowest BCUT2D eigenvalue weighted by atomic mass is 10.1. The smallest absolute Gasteiger partial charge is 0.328 e. The molecule has 0 fully saturated rings. The van der Waals surface area contributed by atoms with E-state index in [-0.39, 0.29) is 18.7 Å². The van der Waals surface area contributed by atoms with Gasteiger partial charge >= 0.3 is 5.97 Å². The third-order valence-corrected chi connectivity index (χ3v) is 5.35. The Morgan fingerprint density at radius 2 is 1.88 bits per heavy atom. The minimum atomic E-state index is -0.856. The lowest BCUT2D eigenvalue weighted by molar-refractivity contribution is -0.145. The van der Waals surface area contributed by atoms with Crippen molar-refractivity contribution in [1.82, 2.24) is 15.2 Å². The average Bonchev–Trinajstić information content (AvgIpc) is 3.15. The molecule has 0 unspecified atom stereocenters. The maximum Gasteiger partial charge on any atom is 0.328 e. The van der Waals surface area contributed by atoms with Crippen LogP contribution in [0.25, 0.3) is 10.9 Å². The first kappa shape index (κ1) is 25.9. The molecule has 2 aromatic rings. The topological polar surface area (TPSA) is 115 Å². The molecule has 0 saturated heterocycles. The number of carbonyl (C=O) groups excluding carboxylic acids is 3. The van der Waals surface area contributed by atoms with Gasteiger partial charge < -0.3 is 25.7 Å². The second-order valence-electron chi connectivity index (χ2n) is 7.80. The normalized spacial score (nSPS) is 12.5. The summed E-state index contributed by atoms with van der Waals surface area (Å²) < 4.78 is 6.79. The van der Waals surface area contributed by atoms with Crippen molar-refractivity contribution in [1.29, 1.82) is 0 Å². The van der Waals surface area contributed by atoms with Crippen molar-refractivity contribution < 1.29 is 19.1 Å². The fraction of sp³-hybridized carbons (Fsp3) is 0.400. The van der Waals surface area contributed by atoms with Crippen LogP contribution in [0.2, 0.25) is 0 Å². The summed E-state index contributed by atoms with van der Waals surface area (Å²) in [6.45, 7) is 8.53. The molecule has 178 valence electrons. The van der Waals surface area contributed by atoms with Gasteiger partial charge in [-0.1, -0.05) is 30.4 Å². The first-order chi connectivity index (χ1) is 15.9. The van der Waals surface area contributed by atoms with E-state index in [0.29, 0.717) is 25.9 Å². The molecule has 0 aliphatic carbocycles. The molecule has 0 spiro atoms. The molecular weight excluding hydrogens is 420 g/mol. The van der Waals surface area contributed by atoms with E-state index in [2.05, 4.69) is 23.8 Å². The summed E-state index contributed by atoms with van der Waals surface area (Å²) >= 11 is 0. The molecular formula is C25H34N4O4. The summed E-state index contributed by atoms with van der Waals surface area (Å²) in [5.74, 6) is -1.28. The Balaban J connectivity index is 2.15. The minimum absolute atomic E-state index is 0.123. The highest BCUT2D eigenvalue weighted by molar-refractivity contribution is 5.93. The zero-order valence-electron chi connectivity index (χ0n) is 19.2. The van der Waals surface area contributed by atoms with E-state index in [4.69, 9.17) is 10.5 Å². The Bertz CT molecular complexity index is 982. The van der Waals surface area contributed by atoms with Crippen molar-refractivity contribution in [3.05, 3.63) is 61.3 Å². The van der Waals surface area contributed by atoms with Gasteiger partial charge in [-0.15, -0.1) is 13.2 Å². The molecule has 8 heteroatoms. The van der Waals surface area contributed by atoms with Gasteiger partial charge in [-0.3, -0.25) is 9.59 Å². The summed E-state index contributed by atoms with van der Waals surface area (Å²) in [5.41, 5.74) is 7.46. The molecule has 1 aromatic heterocycles. The number of nitrogens with two attached hydrogens (primary N) is 1. The van der Waals surface area contributed by atoms with Crippen LogP contribution in [-0.2, 0) is 32.1 Å². The number of para-hydroxylation sites is 1. The number of ether oxygens (including phenoxy) is 1. The molecule has 0 radical (unpaired) electrons. The zero-order valence-corrected chi connectivity index (χ0v) is 19.2. The second kappa shape index (κ2) is 13.2. The van der Waals surface area contributed by atoms with Gasteiger partial charge in [-0.05, 0) is 43.9 Å². The Labute approximate surface area is 194 Å². The third kappa shape index (κ3) is 7.32. The molecule has 4 N–H and O–H groups in total. The van der Waals surface area contributed by atoms with E-state index in [1.165, 1.54) is 13.2 Å². The number of esters is 1. The van der Waals surface area contributed by atoms with E-state index < -0.39 is 24.0 Å². The van der Waals surface area contributed by atoms with Crippen LogP contribution in [0, 0.1) is 0 Å². The number of amides is 2. The Morgan fingerprint density at radius 3 is 2.55 bits per heavy atom. The number of nitrogens with zero attached hydrogens (tertiary/aromatic N) is 1. The molecule has 2 atom stereocenters. The zero-order chi connectivity index (χ0) is 24.2. The number of fused-ring (bicyclic) bond motifs is 1. The van der Waals surface area contributed by atoms with Gasteiger partial charge in [-0.2, -0.15) is 0 Å². The number of unbranched alkanes of at least 4 members (excludes halogenated alkanes) is 1. The summed E-state index contributed by atoms with van der Waals surface area (Å²) in [5, 5.41) is 6.49. The highest BCUT2D eigenvalue weighted by Crippen LogP contribution is 2.22. The molecule has 8 nitrogen and oxygen atoms in total. The van der Waals surface area contributed by atoms with Gasteiger partial charge in [0.2, 0.25) is 11.8 Å². The van der Waals surface area contributed by atoms with Gasteiger partial charge in [0.05, 0.1) is 13.5 Å². The predicted octanol–water partition coefficient (Wildman–Crippen LogP) is 2.22. The highest BCUT2D eigenvalue weighted by Gasteiger charge is 2.26. The third-order valence-electron chi connectivity index (χ3n) is 5.35. The van der Waals surface area contributed by atoms with Crippen molar-refractivity contribution in [2.45, 2.75) is 50.7 Å². The summed E-state index contributed by atoms with van der Waals surface area (Å²) in [4.78, 5) is 37.8. The first-order valence-corrected chi connectivity index (χ1v) is 11.1. The summed E-state index contributed by atoms with van der Waals surface area (Å²) in [6.07, 6.45) is 7.42. The van der Waals surface area contributed by atoms with Crippen LogP contribution in [-0.4, -0.2) is 48.1 Å². The Morgan fingerprint density at radius 1 is 1.12 bits per heavy atom. The minimum Gasteiger partial charge on any atom is -0.467 e. The number of rotatable bonds is 14. The van der Waals surface area contributed by atoms with Crippen LogP contribution in [0.15, 0.2) is 55.8 Å². The van der Waals surface area contributed by atoms with Crippen LogP contribution in [0.4, 0.5) is 0 Å². The lowest BCUT2D eigenvalue weighted by Crippen LogP contribution is -2.52. The lowest BCUT2D eigenvalue weighted by Gasteiger charge is -2.21. The van der Waals surface area contributed by atoms with Crippen LogP contribution < -0.4 is 16.4 Å². The molecule has 1 aromatic carbocycles. The standard InChI is InChI=1S/C25H34N4O4/c1-4-10-21(25(32)33-3)28-24(31)20(12-8-9-14-26)27-23(30)16-18-17-29(15-5-2)22-13-7-6-11-19(18)22/h4-7,11,13,17,20-21H,1-2,8-10,12,14-16,26H2,3H3,(H,27,30)(H,28,31)/t20-,21-/m0/s1. The molecule has 33 heavy (non-hydrogen) atoms. The van der Waals surface area contributed by atoms with Crippen molar-refractivity contribution in [2.24, 2.45) is 5.73 Å². The largest absolute Gasteiger partial charge is 0.467 e. The number of benzene rings is 1. The number of aromatic nitrogens is 1. The molecule has 0 aliphatic heterocycles. The monoisotopic (exact) mass is 454 g/mol. The van der Waals surface area contributed by atoms with Crippen LogP contribution in [0.1, 0.15) is 31.2 Å². The fourth-order valence-electron chi connectivity index (χ4n) is 3.73. The van der Waals surface area contributed by atoms with Gasteiger partial charge in [0.15, 0.2) is 0 Å². The fourth-order valence-corrected chi connectivity index (χ4v) is 3.73. The van der Waals surface area contributed by atoms with Gasteiger partial charge in [0.25, 0.3) is 0 Å². The quantitative estimate of drug-likeness (QED) is 0.230. The maximum absolute atomic E-state index is 12.9. The summed E-state index contributed by atoms with van der Waals surface area (Å²) in [6, 6.07) is 6.20. The average molecular weight is 455 g/mol. The Kier molecular flexibility index (Phi) is 10.4. The van der Waals surface area contributed by atoms with Gasteiger partial charge in [0, 0.05) is 23.6 Å². The number of carbonyl (C=O) groups is 3. The Hall–Kier alpha value is -3.39. The second-order valence-corrected chi connectivity index (χ2v) is 7.80. The van der Waals surface area contributed by atoms with E-state index >= 15 is 0 Å². The maximum atomic E-state index is 12.9. The predicted molar refractivity (Wildman–Crippen MR) is 129 cm³/mol. The molecule has 0 aliphatic rings. The number of hydrogen-bond acceptors (Lipinski definition) is 5. The van der Waals surface area contributed by atoms with Crippen molar-refractivity contribution in [3.8, 4) is 0 Å². The van der Waals surface area contributed by atoms with Crippen LogP contribution >= 0.6 is 0 Å². The van der Waals surface area contributed by atoms with Gasteiger partial charge in [-0.25, -0.2) is 4.79 Å². The molecule has 0 bridgehead atoms. The highest BCUT2D eigenvalue weighted by atomic mass is 16.5. The van der Waals surface area contributed by atoms with Gasteiger partial charge in [0.1, 0.15) is 12.1 Å². The molecule has 2 rings (SSSR count). The van der Waals surface area contributed by atoms with Crippen LogP contribution in [0.5, 0.6) is 0 Å². The van der Waals surface area contributed by atoms with E-state index in [0.717, 1.165) is 22.9 Å². The SMILES string of the molecule is C=CC[C@H](NC(=O)[C@H](CCCCN)NC(=O)Cc1cn(CC=C)c2ccccc12)C(=O)OC. The number of methoxy groups -OCH3 is 1. The molecule has 2 amide bonds. The van der Waals surface area contributed by atoms with Crippen LogP contribution in [0.3, 0.4) is 0 Å². The first-order valence-electron chi connectivity index (χ1n) is 11.1. The number of nitrogens with one attached hydrogen (secondary N) is 2. The number of allylic oxidation sites excluding steroid dienone is 1. The van der Waals surface area contributed by atoms with Crippen molar-refractivity contribution in [3.63, 3.8) is 0 Å². The van der Waals surface area contributed by atoms with E-state index in [1.54, 1.807) is 6.08 Å². The molecule has 0 saturated carbocycles. The van der Waals surface area contributed by atoms with Crippen molar-refractivity contribution in [2.75, 3.05) is 13.7 Å². The molecule has 1 heterocycles. The number of hydrogen-bond donors (Lipinski definition) is 3.